The van der Waals surface area contributed by atoms with Crippen molar-refractivity contribution in [1.29, 1.82) is 0 Å². The van der Waals surface area contributed by atoms with Crippen LogP contribution in [-0.4, -0.2) is 63.2 Å². The van der Waals surface area contributed by atoms with E-state index in [0.29, 0.717) is 11.3 Å². The molecular weight excluding hydrogens is 437 g/mol. The molecule has 168 valence electrons. The number of carbonyl (C=O) groups excluding carboxylic acids is 1. The van der Waals surface area contributed by atoms with Crippen molar-refractivity contribution < 1.29 is 35.9 Å². The molecule has 0 aliphatic carbocycles. The maximum atomic E-state index is 12.8. The zero-order valence-corrected chi connectivity index (χ0v) is 17.7. The molecule has 2 aromatic rings. The first kappa shape index (κ1) is 22.9. The summed E-state index contributed by atoms with van der Waals surface area (Å²) in [7, 11) is -2.40. The Bertz CT molecular complexity index is 1050. The summed E-state index contributed by atoms with van der Waals surface area (Å²) in [5.41, 5.74) is 1.33. The predicted molar refractivity (Wildman–Crippen MR) is 106 cm³/mol. The van der Waals surface area contributed by atoms with Gasteiger partial charge in [-0.15, -0.1) is 13.2 Å². The van der Waals surface area contributed by atoms with Gasteiger partial charge in [-0.2, -0.15) is 4.31 Å². The minimum Gasteiger partial charge on any atom is -0.496 e. The van der Waals surface area contributed by atoms with Gasteiger partial charge in [0.15, 0.2) is 0 Å². The third-order valence-electron chi connectivity index (χ3n) is 4.88. The van der Waals surface area contributed by atoms with Crippen LogP contribution in [0.2, 0.25) is 0 Å². The van der Waals surface area contributed by atoms with Gasteiger partial charge in [0.2, 0.25) is 10.0 Å². The van der Waals surface area contributed by atoms with Crippen LogP contribution in [0, 0.1) is 6.92 Å². The molecule has 3 rings (SSSR count). The summed E-state index contributed by atoms with van der Waals surface area (Å²) < 4.78 is 72.6. The number of hydrogen-bond acceptors (Lipinski definition) is 5. The number of benzene rings is 2. The molecular formula is C20H21F3N2O5S. The maximum absolute atomic E-state index is 12.8. The Morgan fingerprint density at radius 2 is 1.61 bits per heavy atom. The second-order valence-corrected chi connectivity index (χ2v) is 8.84. The molecule has 0 saturated carbocycles. The molecule has 31 heavy (non-hydrogen) atoms. The van der Waals surface area contributed by atoms with E-state index in [9.17, 15) is 26.4 Å². The predicted octanol–water partition coefficient (Wildman–Crippen LogP) is 3.05. The van der Waals surface area contributed by atoms with Crippen molar-refractivity contribution in [3.63, 3.8) is 0 Å². The number of halogens is 3. The number of amides is 1. The Hall–Kier alpha value is -2.79. The summed E-state index contributed by atoms with van der Waals surface area (Å²) in [6.07, 6.45) is -4.86. The van der Waals surface area contributed by atoms with Gasteiger partial charge in [0.05, 0.1) is 12.0 Å². The first-order chi connectivity index (χ1) is 14.5. The summed E-state index contributed by atoms with van der Waals surface area (Å²) in [5, 5.41) is 0. The Balaban J connectivity index is 1.66. The van der Waals surface area contributed by atoms with Crippen LogP contribution in [0.3, 0.4) is 0 Å². The third kappa shape index (κ3) is 5.28. The van der Waals surface area contributed by atoms with E-state index in [1.165, 1.54) is 11.4 Å². The molecule has 2 aromatic carbocycles. The van der Waals surface area contributed by atoms with Gasteiger partial charge in [0.1, 0.15) is 11.5 Å². The van der Waals surface area contributed by atoms with Gasteiger partial charge in [0.25, 0.3) is 5.91 Å². The van der Waals surface area contributed by atoms with Gasteiger partial charge in [-0.05, 0) is 48.9 Å². The van der Waals surface area contributed by atoms with Crippen molar-refractivity contribution in [2.24, 2.45) is 0 Å². The van der Waals surface area contributed by atoms with Gasteiger partial charge in [-0.25, -0.2) is 8.42 Å². The second kappa shape index (κ2) is 8.75. The van der Waals surface area contributed by atoms with Crippen LogP contribution in [0.1, 0.15) is 15.9 Å². The molecule has 7 nitrogen and oxygen atoms in total. The second-order valence-electron chi connectivity index (χ2n) is 6.90. The maximum Gasteiger partial charge on any atom is 0.573 e. The van der Waals surface area contributed by atoms with Crippen LogP contribution in [0.25, 0.3) is 0 Å². The highest BCUT2D eigenvalue weighted by atomic mass is 32.2. The zero-order valence-electron chi connectivity index (χ0n) is 16.8. The number of alkyl halides is 3. The van der Waals surface area contributed by atoms with Crippen molar-refractivity contribution in [1.82, 2.24) is 9.21 Å². The summed E-state index contributed by atoms with van der Waals surface area (Å²) in [6, 6.07) is 9.13. The average molecular weight is 458 g/mol. The lowest BCUT2D eigenvalue weighted by atomic mass is 10.1. The van der Waals surface area contributed by atoms with E-state index >= 15 is 0 Å². The molecule has 1 saturated heterocycles. The molecule has 11 heteroatoms. The molecule has 0 unspecified atom stereocenters. The van der Waals surface area contributed by atoms with Gasteiger partial charge in [-0.3, -0.25) is 4.79 Å². The molecule has 0 spiro atoms. The fourth-order valence-corrected chi connectivity index (χ4v) is 4.65. The highest BCUT2D eigenvalue weighted by molar-refractivity contribution is 7.89. The first-order valence-electron chi connectivity index (χ1n) is 9.31. The lowest BCUT2D eigenvalue weighted by molar-refractivity contribution is -0.274. The monoisotopic (exact) mass is 458 g/mol. The number of piperazine rings is 1. The molecule has 1 aliphatic heterocycles. The number of rotatable bonds is 5. The molecule has 0 aromatic heterocycles. The number of ether oxygens (including phenoxy) is 2. The van der Waals surface area contributed by atoms with Crippen molar-refractivity contribution in [2.75, 3.05) is 33.3 Å². The van der Waals surface area contributed by atoms with E-state index in [0.717, 1.165) is 29.8 Å². The molecule has 0 radical (unpaired) electrons. The van der Waals surface area contributed by atoms with Crippen molar-refractivity contribution >= 4 is 15.9 Å². The largest absolute Gasteiger partial charge is 0.573 e. The SMILES string of the molecule is COc1cc(C(=O)N2CCN(S(=O)(=O)c3ccc(OC(F)(F)F)cc3)CC2)ccc1C. The quantitative estimate of drug-likeness (QED) is 0.689. The molecule has 1 heterocycles. The van der Waals surface area contributed by atoms with Crippen LogP contribution in [-0.2, 0) is 10.0 Å². The van der Waals surface area contributed by atoms with Crippen LogP contribution in [0.4, 0.5) is 13.2 Å². The van der Waals surface area contributed by atoms with E-state index in [1.54, 1.807) is 23.1 Å². The minimum atomic E-state index is -4.86. The number of carbonyl (C=O) groups is 1. The van der Waals surface area contributed by atoms with Crippen LogP contribution in [0.15, 0.2) is 47.4 Å². The first-order valence-corrected chi connectivity index (χ1v) is 10.7. The summed E-state index contributed by atoms with van der Waals surface area (Å²) >= 11 is 0. The van der Waals surface area contributed by atoms with Gasteiger partial charge < -0.3 is 14.4 Å². The number of nitrogens with zero attached hydrogens (tertiary/aromatic N) is 2. The standard InChI is InChI=1S/C20H21F3N2O5S/c1-14-3-4-15(13-18(14)29-2)19(26)24-9-11-25(12-10-24)31(27,28)17-7-5-16(6-8-17)30-20(21,22)23/h3-8,13H,9-12H2,1-2H3. The lowest BCUT2D eigenvalue weighted by Gasteiger charge is -2.34. The smallest absolute Gasteiger partial charge is 0.496 e. The third-order valence-corrected chi connectivity index (χ3v) is 6.79. The fraction of sp³-hybridized carbons (Fsp3) is 0.350. The average Bonchev–Trinajstić information content (AvgIpc) is 2.73. The van der Waals surface area contributed by atoms with E-state index in [-0.39, 0.29) is 37.0 Å². The van der Waals surface area contributed by atoms with E-state index in [1.807, 2.05) is 6.92 Å². The number of sulfonamides is 1. The Morgan fingerprint density at radius 1 is 1.00 bits per heavy atom. The van der Waals surface area contributed by atoms with Crippen LogP contribution < -0.4 is 9.47 Å². The lowest BCUT2D eigenvalue weighted by Crippen LogP contribution is -2.50. The highest BCUT2D eigenvalue weighted by Crippen LogP contribution is 2.26. The van der Waals surface area contributed by atoms with Gasteiger partial charge in [0, 0.05) is 31.7 Å². The zero-order chi connectivity index (χ0) is 22.8. The number of aryl methyl sites for hydroxylation is 1. The van der Waals surface area contributed by atoms with Gasteiger partial charge in [-0.1, -0.05) is 6.07 Å². The van der Waals surface area contributed by atoms with Crippen molar-refractivity contribution in [2.45, 2.75) is 18.2 Å². The number of methoxy groups -OCH3 is 1. The fourth-order valence-electron chi connectivity index (χ4n) is 3.23. The molecule has 0 atom stereocenters. The topological polar surface area (TPSA) is 76.2 Å². The van der Waals surface area contributed by atoms with Crippen molar-refractivity contribution in [3.05, 3.63) is 53.6 Å². The molecule has 1 fully saturated rings. The molecule has 0 N–H and O–H groups in total. The summed E-state index contributed by atoms with van der Waals surface area (Å²) in [4.78, 5) is 14.2. The summed E-state index contributed by atoms with van der Waals surface area (Å²) in [6.45, 7) is 2.36. The molecule has 0 bridgehead atoms. The highest BCUT2D eigenvalue weighted by Gasteiger charge is 2.33. The van der Waals surface area contributed by atoms with Crippen LogP contribution in [0.5, 0.6) is 11.5 Å². The van der Waals surface area contributed by atoms with E-state index in [4.69, 9.17) is 4.74 Å². The van der Waals surface area contributed by atoms with E-state index < -0.39 is 22.1 Å². The van der Waals surface area contributed by atoms with E-state index in [2.05, 4.69) is 4.74 Å². The molecule has 1 aliphatic rings. The normalized spacial score (nSPS) is 15.6. The van der Waals surface area contributed by atoms with Gasteiger partial charge >= 0.3 is 6.36 Å². The Kier molecular flexibility index (Phi) is 6.46. The van der Waals surface area contributed by atoms with Crippen LogP contribution >= 0.6 is 0 Å². The van der Waals surface area contributed by atoms with Crippen molar-refractivity contribution in [3.8, 4) is 11.5 Å². The summed E-state index contributed by atoms with van der Waals surface area (Å²) in [5.74, 6) is -0.149. The Morgan fingerprint density at radius 3 is 2.16 bits per heavy atom. The Labute approximate surface area is 178 Å². The number of hydrogen-bond donors (Lipinski definition) is 0. The molecule has 1 amide bonds. The minimum absolute atomic E-state index is 0.0673.